The van der Waals surface area contributed by atoms with Crippen molar-refractivity contribution in [2.75, 3.05) is 17.2 Å². The van der Waals surface area contributed by atoms with Gasteiger partial charge in [0.15, 0.2) is 0 Å². The van der Waals surface area contributed by atoms with Crippen molar-refractivity contribution in [1.29, 1.82) is 0 Å². The third-order valence-electron chi connectivity index (χ3n) is 4.41. The number of fused-ring (bicyclic) bond motifs is 2. The molecule has 0 radical (unpaired) electrons. The zero-order valence-electron chi connectivity index (χ0n) is 14.3. The fourth-order valence-electron chi connectivity index (χ4n) is 3.26. The fraction of sp³-hybridized carbons (Fsp3) is 0.143. The maximum absolute atomic E-state index is 13.0. The number of carbonyl (C=O) groups excluding carboxylic acids is 2. The molecule has 0 saturated heterocycles. The maximum atomic E-state index is 13.0. The van der Waals surface area contributed by atoms with Gasteiger partial charge in [0.25, 0.3) is 5.91 Å². The Balaban J connectivity index is 1.71. The van der Waals surface area contributed by atoms with E-state index in [4.69, 9.17) is 4.74 Å². The van der Waals surface area contributed by atoms with Crippen molar-refractivity contribution in [3.8, 4) is 5.75 Å². The molecule has 1 aliphatic rings. The van der Waals surface area contributed by atoms with Crippen LogP contribution >= 0.6 is 0 Å². The van der Waals surface area contributed by atoms with Crippen LogP contribution in [-0.4, -0.2) is 18.4 Å². The Labute approximate surface area is 151 Å². The molecule has 3 aromatic rings. The molecule has 2 N–H and O–H groups in total. The average Bonchev–Trinajstić information content (AvgIpc) is 3.01. The number of benzene rings is 3. The average molecular weight is 346 g/mol. The summed E-state index contributed by atoms with van der Waals surface area (Å²) < 4.78 is 5.68. The van der Waals surface area contributed by atoms with Crippen LogP contribution in [-0.2, 0) is 11.2 Å². The van der Waals surface area contributed by atoms with Gasteiger partial charge >= 0.3 is 0 Å². The SMILES string of the molecule is CCOc1ccc2ccccc2c1C(=O)Nc1ccc2c(c1)CC(=O)N2. The van der Waals surface area contributed by atoms with Crippen molar-refractivity contribution in [2.24, 2.45) is 0 Å². The minimum Gasteiger partial charge on any atom is -0.493 e. The standard InChI is InChI=1S/C21H18N2O3/c1-2-26-18-10-7-13-5-3-4-6-16(13)20(18)21(25)22-15-8-9-17-14(11-15)12-19(24)23-17/h3-11H,2,12H2,1H3,(H,22,25)(H,23,24). The van der Waals surface area contributed by atoms with Gasteiger partial charge in [0, 0.05) is 11.4 Å². The number of ether oxygens (including phenoxy) is 1. The maximum Gasteiger partial charge on any atom is 0.260 e. The summed E-state index contributed by atoms with van der Waals surface area (Å²) in [4.78, 5) is 24.5. The third kappa shape index (κ3) is 2.88. The Hall–Kier alpha value is -3.34. The highest BCUT2D eigenvalue weighted by atomic mass is 16.5. The first-order valence-corrected chi connectivity index (χ1v) is 8.54. The lowest BCUT2D eigenvalue weighted by molar-refractivity contribution is -0.115. The van der Waals surface area contributed by atoms with Crippen LogP contribution < -0.4 is 15.4 Å². The molecule has 1 heterocycles. The van der Waals surface area contributed by atoms with E-state index >= 15 is 0 Å². The Kier molecular flexibility index (Phi) is 4.05. The molecule has 0 aliphatic carbocycles. The van der Waals surface area contributed by atoms with E-state index in [1.807, 2.05) is 55.5 Å². The summed E-state index contributed by atoms with van der Waals surface area (Å²) in [5, 5.41) is 7.54. The predicted molar refractivity (Wildman–Crippen MR) is 102 cm³/mol. The molecule has 0 bridgehead atoms. The third-order valence-corrected chi connectivity index (χ3v) is 4.41. The molecule has 0 spiro atoms. The van der Waals surface area contributed by atoms with Crippen LogP contribution in [0.25, 0.3) is 10.8 Å². The van der Waals surface area contributed by atoms with Crippen LogP contribution in [0.15, 0.2) is 54.6 Å². The monoisotopic (exact) mass is 346 g/mol. The van der Waals surface area contributed by atoms with Crippen LogP contribution in [0.2, 0.25) is 0 Å². The van der Waals surface area contributed by atoms with Gasteiger partial charge in [-0.25, -0.2) is 0 Å². The number of anilines is 2. The van der Waals surface area contributed by atoms with E-state index in [0.29, 0.717) is 30.0 Å². The van der Waals surface area contributed by atoms with Gasteiger partial charge in [-0.15, -0.1) is 0 Å². The van der Waals surface area contributed by atoms with Crippen LogP contribution in [0, 0.1) is 0 Å². The zero-order chi connectivity index (χ0) is 18.1. The van der Waals surface area contributed by atoms with E-state index in [1.54, 1.807) is 6.07 Å². The molecule has 5 nitrogen and oxygen atoms in total. The van der Waals surface area contributed by atoms with Crippen LogP contribution in [0.3, 0.4) is 0 Å². The Morgan fingerprint density at radius 1 is 1.15 bits per heavy atom. The highest BCUT2D eigenvalue weighted by molar-refractivity contribution is 6.15. The molecule has 0 fully saturated rings. The number of amides is 2. The van der Waals surface area contributed by atoms with Crippen molar-refractivity contribution in [3.63, 3.8) is 0 Å². The van der Waals surface area contributed by atoms with E-state index in [-0.39, 0.29) is 11.8 Å². The van der Waals surface area contributed by atoms with E-state index < -0.39 is 0 Å². The van der Waals surface area contributed by atoms with Crippen molar-refractivity contribution in [1.82, 2.24) is 0 Å². The van der Waals surface area contributed by atoms with Gasteiger partial charge < -0.3 is 15.4 Å². The lowest BCUT2D eigenvalue weighted by Crippen LogP contribution is -2.14. The first-order valence-electron chi connectivity index (χ1n) is 8.54. The first kappa shape index (κ1) is 16.1. The summed E-state index contributed by atoms with van der Waals surface area (Å²) in [5.74, 6) is 0.292. The molecule has 0 aromatic heterocycles. The smallest absolute Gasteiger partial charge is 0.260 e. The largest absolute Gasteiger partial charge is 0.493 e. The van der Waals surface area contributed by atoms with Crippen molar-refractivity contribution in [3.05, 3.63) is 65.7 Å². The zero-order valence-corrected chi connectivity index (χ0v) is 14.3. The van der Waals surface area contributed by atoms with E-state index in [9.17, 15) is 9.59 Å². The highest BCUT2D eigenvalue weighted by Crippen LogP contribution is 2.30. The van der Waals surface area contributed by atoms with E-state index in [1.165, 1.54) is 0 Å². The number of nitrogens with one attached hydrogen (secondary N) is 2. The minimum atomic E-state index is -0.234. The predicted octanol–water partition coefficient (Wildman–Crippen LogP) is 3.99. The second kappa shape index (κ2) is 6.52. The van der Waals surface area contributed by atoms with Gasteiger partial charge in [0.2, 0.25) is 5.91 Å². The summed E-state index contributed by atoms with van der Waals surface area (Å²) in [6.07, 6.45) is 0.331. The Morgan fingerprint density at radius 2 is 2.00 bits per heavy atom. The molecular formula is C21H18N2O3. The minimum absolute atomic E-state index is 0.0313. The number of rotatable bonds is 4. The normalized spacial score (nSPS) is 12.6. The number of carbonyl (C=O) groups is 2. The van der Waals surface area contributed by atoms with Gasteiger partial charge in [-0.2, -0.15) is 0 Å². The molecule has 130 valence electrons. The van der Waals surface area contributed by atoms with Gasteiger partial charge in [-0.3, -0.25) is 9.59 Å². The summed E-state index contributed by atoms with van der Waals surface area (Å²) in [6, 6.07) is 16.9. The Morgan fingerprint density at radius 3 is 2.85 bits per heavy atom. The second-order valence-electron chi connectivity index (χ2n) is 6.14. The Bertz CT molecular complexity index is 1030. The lowest BCUT2D eigenvalue weighted by Gasteiger charge is -2.14. The molecule has 0 unspecified atom stereocenters. The number of hydrogen-bond donors (Lipinski definition) is 2. The molecule has 1 aliphatic heterocycles. The first-order chi connectivity index (χ1) is 12.7. The summed E-state index contributed by atoms with van der Waals surface area (Å²) in [6.45, 7) is 2.37. The molecule has 2 amide bonds. The van der Waals surface area contributed by atoms with Crippen LogP contribution in [0.1, 0.15) is 22.8 Å². The van der Waals surface area contributed by atoms with Gasteiger partial charge in [0.05, 0.1) is 18.6 Å². The summed E-state index contributed by atoms with van der Waals surface area (Å²) in [7, 11) is 0. The van der Waals surface area contributed by atoms with Gasteiger partial charge in [0.1, 0.15) is 5.75 Å². The van der Waals surface area contributed by atoms with Crippen molar-refractivity contribution in [2.45, 2.75) is 13.3 Å². The van der Waals surface area contributed by atoms with Crippen molar-refractivity contribution >= 4 is 34.0 Å². The van der Waals surface area contributed by atoms with Crippen molar-refractivity contribution < 1.29 is 14.3 Å². The molecular weight excluding hydrogens is 328 g/mol. The highest BCUT2D eigenvalue weighted by Gasteiger charge is 2.20. The molecule has 0 saturated carbocycles. The fourth-order valence-corrected chi connectivity index (χ4v) is 3.26. The van der Waals surface area contributed by atoms with Gasteiger partial charge in [-0.05, 0) is 47.5 Å². The van der Waals surface area contributed by atoms with E-state index in [2.05, 4.69) is 10.6 Å². The summed E-state index contributed by atoms with van der Waals surface area (Å²) in [5.41, 5.74) is 2.85. The van der Waals surface area contributed by atoms with Crippen LogP contribution in [0.5, 0.6) is 5.75 Å². The summed E-state index contributed by atoms with van der Waals surface area (Å²) >= 11 is 0. The van der Waals surface area contributed by atoms with Crippen LogP contribution in [0.4, 0.5) is 11.4 Å². The molecule has 5 heteroatoms. The van der Waals surface area contributed by atoms with Gasteiger partial charge in [-0.1, -0.05) is 30.3 Å². The number of hydrogen-bond acceptors (Lipinski definition) is 3. The molecule has 3 aromatic carbocycles. The second-order valence-corrected chi connectivity index (χ2v) is 6.14. The van der Waals surface area contributed by atoms with E-state index in [0.717, 1.165) is 22.0 Å². The quantitative estimate of drug-likeness (QED) is 0.751. The molecule has 0 atom stereocenters. The topological polar surface area (TPSA) is 67.4 Å². The molecule has 4 rings (SSSR count). The lowest BCUT2D eigenvalue weighted by atomic mass is 10.0. The molecule has 26 heavy (non-hydrogen) atoms.